The van der Waals surface area contributed by atoms with E-state index < -0.39 is 67.3 Å². The van der Waals surface area contributed by atoms with Crippen LogP contribution in [-0.4, -0.2) is 89.2 Å². The average molecular weight is 1030 g/mol. The largest absolute Gasteiger partial charge is 0.479 e. The Hall–Kier alpha value is -3.58. The van der Waals surface area contributed by atoms with Gasteiger partial charge >= 0.3 is 23.9 Å². The zero-order chi connectivity index (χ0) is 53.3. The van der Waals surface area contributed by atoms with Crippen molar-refractivity contribution in [1.29, 1.82) is 0 Å². The lowest BCUT2D eigenvalue weighted by Crippen LogP contribution is -2.61. The zero-order valence-electron chi connectivity index (χ0n) is 46.1. The Kier molecular flexibility index (Phi) is 45.5. The van der Waals surface area contributed by atoms with E-state index in [-0.39, 0.29) is 25.9 Å². The van der Waals surface area contributed by atoms with Gasteiger partial charge < -0.3 is 39.0 Å². The maximum atomic E-state index is 13.1. The topological polar surface area (TPSA) is 175 Å². The Labute approximate surface area is 443 Å². The van der Waals surface area contributed by atoms with Gasteiger partial charge in [-0.25, -0.2) is 4.79 Å². The predicted octanol–water partition coefficient (Wildman–Crippen LogP) is 14.8. The molecule has 73 heavy (non-hydrogen) atoms. The number of aliphatic hydroxyl groups is 2. The van der Waals surface area contributed by atoms with Crippen LogP contribution in [0.25, 0.3) is 0 Å². The van der Waals surface area contributed by atoms with Crippen LogP contribution in [0.1, 0.15) is 252 Å². The van der Waals surface area contributed by atoms with Crippen LogP contribution in [0.3, 0.4) is 0 Å². The Morgan fingerprint density at radius 3 is 1.26 bits per heavy atom. The molecule has 1 heterocycles. The summed E-state index contributed by atoms with van der Waals surface area (Å²) in [5, 5.41) is 31.4. The normalized spacial score (nSPS) is 18.7. The van der Waals surface area contributed by atoms with Gasteiger partial charge in [0.1, 0.15) is 18.8 Å². The molecule has 6 unspecified atom stereocenters. The van der Waals surface area contributed by atoms with E-state index in [2.05, 4.69) is 63.3 Å². The van der Waals surface area contributed by atoms with Gasteiger partial charge in [-0.3, -0.25) is 14.4 Å². The number of carbonyl (C=O) groups is 4. The smallest absolute Gasteiger partial charge is 0.335 e. The van der Waals surface area contributed by atoms with Gasteiger partial charge in [-0.1, -0.05) is 248 Å². The SMILES string of the molecule is CC/C=C\C/C=C\C/C=C\C/C=C\C/C=C\CC(=O)OCC(COC1OC(C(=O)O)C(O)C(O)C1OC(=O)CCCCCCCCCCCCCCCCCCCCC)OC(=O)CCCCCCCCCCC. The van der Waals surface area contributed by atoms with Crippen molar-refractivity contribution in [2.45, 2.75) is 289 Å². The minimum atomic E-state index is -1.91. The van der Waals surface area contributed by atoms with Crippen molar-refractivity contribution in [2.75, 3.05) is 13.2 Å². The highest BCUT2D eigenvalue weighted by molar-refractivity contribution is 5.74. The first-order valence-electron chi connectivity index (χ1n) is 29.3. The van der Waals surface area contributed by atoms with E-state index in [9.17, 15) is 34.5 Å². The number of carbonyl (C=O) groups excluding carboxylic acids is 3. The van der Waals surface area contributed by atoms with Crippen LogP contribution in [0.2, 0.25) is 0 Å². The van der Waals surface area contributed by atoms with E-state index in [4.69, 9.17) is 23.7 Å². The number of aliphatic carboxylic acids is 1. The van der Waals surface area contributed by atoms with Crippen molar-refractivity contribution in [3.05, 3.63) is 60.8 Å². The molecule has 0 saturated carbocycles. The number of carboxylic acids is 1. The van der Waals surface area contributed by atoms with Crippen LogP contribution in [0.15, 0.2) is 60.8 Å². The van der Waals surface area contributed by atoms with Gasteiger partial charge in [0.15, 0.2) is 24.6 Å². The summed E-state index contributed by atoms with van der Waals surface area (Å²) in [6, 6.07) is 0. The molecule has 1 aliphatic heterocycles. The minimum absolute atomic E-state index is 0.0128. The van der Waals surface area contributed by atoms with Crippen LogP contribution in [0.5, 0.6) is 0 Å². The van der Waals surface area contributed by atoms with Gasteiger partial charge in [-0.2, -0.15) is 0 Å². The second-order valence-electron chi connectivity index (χ2n) is 19.9. The molecule has 3 N–H and O–H groups in total. The summed E-state index contributed by atoms with van der Waals surface area (Å²) in [5.41, 5.74) is 0. The van der Waals surface area contributed by atoms with Crippen LogP contribution < -0.4 is 0 Å². The average Bonchev–Trinajstić information content (AvgIpc) is 3.37. The second-order valence-corrected chi connectivity index (χ2v) is 19.9. The molecule has 1 aliphatic rings. The quantitative estimate of drug-likeness (QED) is 0.0228. The standard InChI is InChI=1S/C61H104O12/c1-4-7-10-13-16-19-21-23-25-26-27-28-30-32-34-37-40-43-46-49-55(64)72-59-57(66)56(65)58(60(67)68)73-61(59)70-51-52(71-54(63)48-45-42-39-35-18-15-12-9-6-3)50-69-53(62)47-44-41-38-36-33-31-29-24-22-20-17-14-11-8-5-2/h8,11,17,20,24,29,33,36,41,44,52,56-59,61,65-66H,4-7,9-10,12-16,18-19,21-23,25-28,30-32,34-35,37-40,42-43,45-51H2,1-3H3,(H,67,68)/b11-8-,20-17-,29-24-,36-33-,44-41-. The molecule has 0 aromatic carbocycles. The first-order valence-corrected chi connectivity index (χ1v) is 29.3. The first kappa shape index (κ1) is 67.4. The van der Waals surface area contributed by atoms with Gasteiger partial charge in [0.25, 0.3) is 0 Å². The molecule has 420 valence electrons. The summed E-state index contributed by atoms with van der Waals surface area (Å²) in [4.78, 5) is 50.9. The molecule has 0 radical (unpaired) electrons. The Morgan fingerprint density at radius 1 is 0.466 bits per heavy atom. The number of hydrogen-bond donors (Lipinski definition) is 3. The van der Waals surface area contributed by atoms with E-state index in [0.717, 1.165) is 70.6 Å². The third-order valence-corrected chi connectivity index (χ3v) is 13.1. The molecule has 0 aromatic heterocycles. The number of allylic oxidation sites excluding steroid dienone is 9. The van der Waals surface area contributed by atoms with Crippen LogP contribution >= 0.6 is 0 Å². The van der Waals surface area contributed by atoms with Gasteiger partial charge in [0.05, 0.1) is 13.0 Å². The minimum Gasteiger partial charge on any atom is -0.479 e. The molecule has 0 aromatic rings. The lowest BCUT2D eigenvalue weighted by Gasteiger charge is -2.40. The van der Waals surface area contributed by atoms with E-state index in [1.165, 1.54) is 122 Å². The number of unbranched alkanes of at least 4 members (excludes halogenated alkanes) is 26. The van der Waals surface area contributed by atoms with Gasteiger partial charge in [0.2, 0.25) is 0 Å². The van der Waals surface area contributed by atoms with Crippen LogP contribution in [0, 0.1) is 0 Å². The Balaban J connectivity index is 2.67. The molecule has 12 heteroatoms. The monoisotopic (exact) mass is 1030 g/mol. The molecule has 0 amide bonds. The molecule has 1 rings (SSSR count). The summed E-state index contributed by atoms with van der Waals surface area (Å²) in [6.45, 7) is 5.77. The van der Waals surface area contributed by atoms with Crippen molar-refractivity contribution in [2.24, 2.45) is 0 Å². The highest BCUT2D eigenvalue weighted by atomic mass is 16.7. The van der Waals surface area contributed by atoms with Gasteiger partial charge in [-0.15, -0.1) is 0 Å². The second kappa shape index (κ2) is 49.3. The Morgan fingerprint density at radius 2 is 0.849 bits per heavy atom. The van der Waals surface area contributed by atoms with Crippen molar-refractivity contribution in [3.8, 4) is 0 Å². The number of carboxylic acid groups (broad SMARTS) is 1. The van der Waals surface area contributed by atoms with Crippen molar-refractivity contribution >= 4 is 23.9 Å². The molecular formula is C61H104O12. The maximum absolute atomic E-state index is 13.1. The third-order valence-electron chi connectivity index (χ3n) is 13.1. The van der Waals surface area contributed by atoms with Crippen molar-refractivity contribution in [1.82, 2.24) is 0 Å². The maximum Gasteiger partial charge on any atom is 0.335 e. The Bertz CT molecular complexity index is 1500. The summed E-state index contributed by atoms with van der Waals surface area (Å²) < 4.78 is 28.2. The summed E-state index contributed by atoms with van der Waals surface area (Å²) in [6.07, 6.45) is 48.1. The molecule has 12 nitrogen and oxygen atoms in total. The number of hydrogen-bond acceptors (Lipinski definition) is 11. The fourth-order valence-electron chi connectivity index (χ4n) is 8.68. The fourth-order valence-corrected chi connectivity index (χ4v) is 8.68. The predicted molar refractivity (Wildman–Crippen MR) is 294 cm³/mol. The summed E-state index contributed by atoms with van der Waals surface area (Å²) in [5.74, 6) is -3.27. The molecule has 1 fully saturated rings. The summed E-state index contributed by atoms with van der Waals surface area (Å²) >= 11 is 0. The van der Waals surface area contributed by atoms with Crippen molar-refractivity contribution < 1.29 is 58.2 Å². The van der Waals surface area contributed by atoms with Crippen LogP contribution in [-0.2, 0) is 42.9 Å². The molecule has 0 bridgehead atoms. The number of aliphatic hydroxyl groups excluding tert-OH is 2. The molecule has 1 saturated heterocycles. The van der Waals surface area contributed by atoms with E-state index in [1.54, 1.807) is 6.08 Å². The number of rotatable bonds is 49. The third kappa shape index (κ3) is 39.5. The van der Waals surface area contributed by atoms with E-state index in [1.807, 2.05) is 12.2 Å². The zero-order valence-corrected chi connectivity index (χ0v) is 46.1. The van der Waals surface area contributed by atoms with Crippen LogP contribution in [0.4, 0.5) is 0 Å². The highest BCUT2D eigenvalue weighted by Crippen LogP contribution is 2.26. The first-order chi connectivity index (χ1) is 35.6. The number of esters is 3. The lowest BCUT2D eigenvalue weighted by molar-refractivity contribution is -0.301. The summed E-state index contributed by atoms with van der Waals surface area (Å²) in [7, 11) is 0. The van der Waals surface area contributed by atoms with Gasteiger partial charge in [-0.05, 0) is 44.9 Å². The molecule has 6 atom stereocenters. The molecule has 0 spiro atoms. The van der Waals surface area contributed by atoms with E-state index >= 15 is 0 Å². The lowest BCUT2D eigenvalue weighted by atomic mass is 9.98. The molecular weight excluding hydrogens is 925 g/mol. The molecule has 0 aliphatic carbocycles. The van der Waals surface area contributed by atoms with Gasteiger partial charge in [0, 0.05) is 12.8 Å². The van der Waals surface area contributed by atoms with E-state index in [0.29, 0.717) is 19.3 Å². The highest BCUT2D eigenvalue weighted by Gasteiger charge is 2.50. The fraction of sp³-hybridized carbons (Fsp3) is 0.770. The number of ether oxygens (including phenoxy) is 5. The van der Waals surface area contributed by atoms with Crippen molar-refractivity contribution in [3.63, 3.8) is 0 Å².